The molecule has 0 spiro atoms. The molecule has 0 N–H and O–H groups in total. The van der Waals surface area contributed by atoms with Crippen LogP contribution in [0.3, 0.4) is 0 Å². The van der Waals surface area contributed by atoms with Gasteiger partial charge in [-0.25, -0.2) is 8.78 Å². The van der Waals surface area contributed by atoms with Crippen LogP contribution in [-0.4, -0.2) is 46.5 Å². The summed E-state index contributed by atoms with van der Waals surface area (Å²) in [6, 6.07) is 15.8. The lowest BCUT2D eigenvalue weighted by molar-refractivity contribution is 0.0619. The Balaban J connectivity index is 1.37. The second kappa shape index (κ2) is 9.37. The second-order valence-corrected chi connectivity index (χ2v) is 9.97. The fourth-order valence-electron chi connectivity index (χ4n) is 4.31. The van der Waals surface area contributed by atoms with Crippen molar-refractivity contribution in [2.45, 2.75) is 13.1 Å². The van der Waals surface area contributed by atoms with Gasteiger partial charge in [0.25, 0.3) is 5.91 Å². The third kappa shape index (κ3) is 4.60. The number of halogens is 3. The molecule has 1 fully saturated rings. The van der Waals surface area contributed by atoms with E-state index in [4.69, 9.17) is 0 Å². The summed E-state index contributed by atoms with van der Waals surface area (Å²) >= 11 is 5.09. The van der Waals surface area contributed by atoms with Crippen molar-refractivity contribution in [1.82, 2.24) is 14.4 Å². The standard InChI is InChI=1S/C25H22BrF2N3OS/c26-20-16-33-23-13-22(31(24(20)23)15-18-6-7-19(27)12-21(18)28)25(32)30-10-8-29(9-11-30)14-17-4-2-1-3-5-17/h1-7,12-13,16H,8-11,14-15H2. The van der Waals surface area contributed by atoms with Gasteiger partial charge in [-0.05, 0) is 33.6 Å². The molecule has 0 bridgehead atoms. The van der Waals surface area contributed by atoms with Crippen LogP contribution in [-0.2, 0) is 13.1 Å². The molecule has 0 unspecified atom stereocenters. The highest BCUT2D eigenvalue weighted by molar-refractivity contribution is 9.10. The third-order valence-corrected chi connectivity index (χ3v) is 7.87. The quantitative estimate of drug-likeness (QED) is 0.329. The number of rotatable bonds is 5. The number of thiophene rings is 1. The Labute approximate surface area is 203 Å². The molecule has 2 aromatic heterocycles. The molecule has 0 atom stereocenters. The van der Waals surface area contributed by atoms with Crippen LogP contribution in [0.25, 0.3) is 10.2 Å². The van der Waals surface area contributed by atoms with Crippen LogP contribution in [0.1, 0.15) is 21.6 Å². The minimum Gasteiger partial charge on any atom is -0.335 e. The van der Waals surface area contributed by atoms with E-state index in [0.29, 0.717) is 24.3 Å². The normalized spacial score (nSPS) is 14.8. The Morgan fingerprint density at radius 1 is 0.970 bits per heavy atom. The molecule has 1 saturated heterocycles. The zero-order chi connectivity index (χ0) is 22.9. The maximum absolute atomic E-state index is 14.4. The van der Waals surface area contributed by atoms with Crippen LogP contribution < -0.4 is 0 Å². The number of benzene rings is 2. The van der Waals surface area contributed by atoms with E-state index < -0.39 is 11.6 Å². The number of fused-ring (bicyclic) bond motifs is 1. The summed E-state index contributed by atoms with van der Waals surface area (Å²) in [5.74, 6) is -1.29. The minimum absolute atomic E-state index is 0.0628. The van der Waals surface area contributed by atoms with Gasteiger partial charge in [0.2, 0.25) is 0 Å². The predicted octanol–water partition coefficient (Wildman–Crippen LogP) is 5.75. The number of hydrogen-bond acceptors (Lipinski definition) is 3. The van der Waals surface area contributed by atoms with Crippen LogP contribution >= 0.6 is 27.3 Å². The Hall–Kier alpha value is -2.55. The summed E-state index contributed by atoms with van der Waals surface area (Å²) in [7, 11) is 0. The number of carbonyl (C=O) groups is 1. The number of aromatic nitrogens is 1. The Morgan fingerprint density at radius 3 is 2.45 bits per heavy atom. The molecule has 3 heterocycles. The highest BCUT2D eigenvalue weighted by Gasteiger charge is 2.27. The zero-order valence-electron chi connectivity index (χ0n) is 17.8. The van der Waals surface area contributed by atoms with Crippen LogP contribution in [0.2, 0.25) is 0 Å². The van der Waals surface area contributed by atoms with Gasteiger partial charge in [0.05, 0.1) is 21.2 Å². The molecule has 0 aliphatic carbocycles. The first-order chi connectivity index (χ1) is 16.0. The van der Waals surface area contributed by atoms with Gasteiger partial charge >= 0.3 is 0 Å². The highest BCUT2D eigenvalue weighted by Crippen LogP contribution is 2.34. The van der Waals surface area contributed by atoms with Crippen molar-refractivity contribution >= 4 is 43.4 Å². The number of amides is 1. The summed E-state index contributed by atoms with van der Waals surface area (Å²) in [4.78, 5) is 17.7. The molecule has 0 radical (unpaired) electrons. The largest absolute Gasteiger partial charge is 0.335 e. The average molecular weight is 530 g/mol. The van der Waals surface area contributed by atoms with Crippen LogP contribution in [0.4, 0.5) is 8.78 Å². The first kappa shape index (κ1) is 22.3. The number of carbonyl (C=O) groups excluding carboxylic acids is 1. The van der Waals surface area contributed by atoms with Crippen molar-refractivity contribution in [2.24, 2.45) is 0 Å². The first-order valence-electron chi connectivity index (χ1n) is 10.8. The van der Waals surface area contributed by atoms with Gasteiger partial charge in [-0.15, -0.1) is 11.3 Å². The van der Waals surface area contributed by atoms with Crippen LogP contribution in [0.5, 0.6) is 0 Å². The molecule has 5 rings (SSSR count). The Morgan fingerprint density at radius 2 is 1.73 bits per heavy atom. The number of piperazine rings is 1. The molecule has 1 amide bonds. The van der Waals surface area contributed by atoms with Gasteiger partial charge in [0, 0.05) is 49.7 Å². The Kier molecular flexibility index (Phi) is 6.32. The summed E-state index contributed by atoms with van der Waals surface area (Å²) in [5, 5.41) is 1.96. The average Bonchev–Trinajstić information content (AvgIpc) is 3.36. The molecule has 8 heteroatoms. The fourth-order valence-corrected chi connectivity index (χ4v) is 6.00. The van der Waals surface area contributed by atoms with Crippen LogP contribution in [0.15, 0.2) is 64.5 Å². The van der Waals surface area contributed by atoms with E-state index in [1.807, 2.05) is 39.1 Å². The predicted molar refractivity (Wildman–Crippen MR) is 131 cm³/mol. The van der Waals surface area contributed by atoms with E-state index in [1.165, 1.54) is 29.0 Å². The van der Waals surface area contributed by atoms with Gasteiger partial charge in [0.1, 0.15) is 17.3 Å². The first-order valence-corrected chi connectivity index (χ1v) is 12.4. The van der Waals surface area contributed by atoms with Crippen molar-refractivity contribution < 1.29 is 13.6 Å². The maximum Gasteiger partial charge on any atom is 0.270 e. The topological polar surface area (TPSA) is 28.5 Å². The zero-order valence-corrected chi connectivity index (χ0v) is 20.2. The molecule has 1 aliphatic heterocycles. The van der Waals surface area contributed by atoms with E-state index >= 15 is 0 Å². The van der Waals surface area contributed by atoms with Crippen molar-refractivity contribution in [3.05, 3.63) is 92.9 Å². The third-order valence-electron chi connectivity index (χ3n) is 6.05. The second-order valence-electron chi connectivity index (χ2n) is 8.20. The lowest BCUT2D eigenvalue weighted by Gasteiger charge is -2.35. The van der Waals surface area contributed by atoms with Crippen LogP contribution in [0, 0.1) is 11.6 Å². The smallest absolute Gasteiger partial charge is 0.270 e. The van der Waals surface area contributed by atoms with E-state index in [2.05, 4.69) is 33.0 Å². The summed E-state index contributed by atoms with van der Waals surface area (Å²) < 4.78 is 31.5. The van der Waals surface area contributed by atoms with Gasteiger partial charge < -0.3 is 9.47 Å². The van der Waals surface area contributed by atoms with Crippen molar-refractivity contribution in [2.75, 3.05) is 26.2 Å². The van der Waals surface area contributed by atoms with Gasteiger partial charge in [-0.3, -0.25) is 9.69 Å². The van der Waals surface area contributed by atoms with Gasteiger partial charge in [-0.2, -0.15) is 0 Å². The molecule has 0 saturated carbocycles. The SMILES string of the molecule is O=C(c1cc2scc(Br)c2n1Cc1ccc(F)cc1F)N1CCN(Cc2ccccc2)CC1. The number of hydrogen-bond donors (Lipinski definition) is 0. The molecule has 2 aromatic carbocycles. The van der Waals surface area contributed by atoms with Crippen molar-refractivity contribution in [1.29, 1.82) is 0 Å². The van der Waals surface area contributed by atoms with E-state index in [9.17, 15) is 13.6 Å². The highest BCUT2D eigenvalue weighted by atomic mass is 79.9. The molecule has 1 aliphatic rings. The molecule has 4 aromatic rings. The molecular weight excluding hydrogens is 508 g/mol. The monoisotopic (exact) mass is 529 g/mol. The van der Waals surface area contributed by atoms with E-state index in [1.54, 1.807) is 0 Å². The van der Waals surface area contributed by atoms with Gasteiger partial charge in [0.15, 0.2) is 0 Å². The lowest BCUT2D eigenvalue weighted by atomic mass is 10.2. The maximum atomic E-state index is 14.4. The lowest BCUT2D eigenvalue weighted by Crippen LogP contribution is -2.48. The Bertz CT molecular complexity index is 1300. The van der Waals surface area contributed by atoms with E-state index in [-0.39, 0.29) is 12.5 Å². The summed E-state index contributed by atoms with van der Waals surface area (Å²) in [6.45, 7) is 3.89. The van der Waals surface area contributed by atoms with Crippen molar-refractivity contribution in [3.63, 3.8) is 0 Å². The molecule has 33 heavy (non-hydrogen) atoms. The number of nitrogens with zero attached hydrogens (tertiary/aromatic N) is 3. The van der Waals surface area contributed by atoms with Gasteiger partial charge in [-0.1, -0.05) is 36.4 Å². The molecule has 4 nitrogen and oxygen atoms in total. The summed E-state index contributed by atoms with van der Waals surface area (Å²) in [6.07, 6.45) is 0. The minimum atomic E-state index is -0.615. The summed E-state index contributed by atoms with van der Waals surface area (Å²) in [5.41, 5.74) is 2.99. The van der Waals surface area contributed by atoms with Crippen molar-refractivity contribution in [3.8, 4) is 0 Å². The van der Waals surface area contributed by atoms with E-state index in [0.717, 1.165) is 40.4 Å². The fraction of sp³-hybridized carbons (Fsp3) is 0.240. The molecular formula is C25H22BrF2N3OS. The molecule has 170 valence electrons.